The van der Waals surface area contributed by atoms with Crippen LogP contribution >= 0.6 is 11.6 Å². The van der Waals surface area contributed by atoms with Gasteiger partial charge in [-0.2, -0.15) is 0 Å². The third-order valence-electron chi connectivity index (χ3n) is 4.95. The summed E-state index contributed by atoms with van der Waals surface area (Å²) in [6.45, 7) is 1.02. The van der Waals surface area contributed by atoms with E-state index in [2.05, 4.69) is 16.0 Å². The SMILES string of the molecule is CS(=O)(=O)CCC(NC(=O)Nc1ccc(Cl)cc1)C(=O)Nc1ccc(N2CCOC(=O)C2)cc1. The van der Waals surface area contributed by atoms with Crippen LogP contribution in [-0.2, 0) is 24.2 Å². The summed E-state index contributed by atoms with van der Waals surface area (Å²) in [5, 5.41) is 8.30. The Morgan fingerprint density at radius 2 is 1.68 bits per heavy atom. The minimum atomic E-state index is -3.36. The van der Waals surface area contributed by atoms with Crippen molar-refractivity contribution in [1.29, 1.82) is 0 Å². The normalized spacial score (nSPS) is 14.6. The molecule has 1 unspecified atom stereocenters. The largest absolute Gasteiger partial charge is 0.462 e. The van der Waals surface area contributed by atoms with Gasteiger partial charge in [0.25, 0.3) is 0 Å². The first kappa shape index (κ1) is 25.3. The average Bonchev–Trinajstić information content (AvgIpc) is 2.78. The van der Waals surface area contributed by atoms with Crippen molar-refractivity contribution in [3.63, 3.8) is 0 Å². The average molecular weight is 509 g/mol. The molecule has 0 saturated carbocycles. The maximum absolute atomic E-state index is 12.9. The summed E-state index contributed by atoms with van der Waals surface area (Å²) in [5.41, 5.74) is 1.71. The highest BCUT2D eigenvalue weighted by molar-refractivity contribution is 7.90. The fraction of sp³-hybridized carbons (Fsp3) is 0.318. The van der Waals surface area contributed by atoms with E-state index >= 15 is 0 Å². The van der Waals surface area contributed by atoms with Crippen molar-refractivity contribution in [3.05, 3.63) is 53.6 Å². The molecule has 0 aliphatic carbocycles. The Bertz CT molecular complexity index is 1140. The van der Waals surface area contributed by atoms with E-state index in [0.717, 1.165) is 11.9 Å². The van der Waals surface area contributed by atoms with Gasteiger partial charge in [-0.05, 0) is 55.0 Å². The molecule has 1 saturated heterocycles. The van der Waals surface area contributed by atoms with Crippen LogP contribution in [-0.4, -0.2) is 64.1 Å². The number of morpholine rings is 1. The van der Waals surface area contributed by atoms with Gasteiger partial charge in [0, 0.05) is 28.3 Å². The molecule has 34 heavy (non-hydrogen) atoms. The lowest BCUT2D eigenvalue weighted by Gasteiger charge is -2.28. The number of sulfone groups is 1. The van der Waals surface area contributed by atoms with E-state index in [1.54, 1.807) is 48.5 Å². The molecule has 0 spiro atoms. The van der Waals surface area contributed by atoms with Crippen molar-refractivity contribution in [3.8, 4) is 0 Å². The van der Waals surface area contributed by atoms with E-state index in [9.17, 15) is 22.8 Å². The standard InChI is InChI=1S/C22H25ClN4O6S/c1-34(31,32)13-10-19(26-22(30)25-17-4-2-15(23)3-5-17)21(29)24-16-6-8-18(9-7-16)27-11-12-33-20(28)14-27/h2-9,19H,10-14H2,1H3,(H,24,29)(H2,25,26,30). The predicted octanol–water partition coefficient (Wildman–Crippen LogP) is 2.27. The fourth-order valence-corrected chi connectivity index (χ4v) is 4.00. The Labute approximate surface area is 202 Å². The molecule has 3 rings (SSSR count). The molecule has 3 N–H and O–H groups in total. The van der Waals surface area contributed by atoms with Crippen LogP contribution in [0.3, 0.4) is 0 Å². The molecule has 0 aromatic heterocycles. The van der Waals surface area contributed by atoms with Gasteiger partial charge in [-0.15, -0.1) is 0 Å². The number of ether oxygens (including phenoxy) is 1. The molecule has 2 aromatic carbocycles. The molecule has 10 nitrogen and oxygen atoms in total. The molecule has 1 atom stereocenters. The summed E-state index contributed by atoms with van der Waals surface area (Å²) in [6, 6.07) is 11.4. The second kappa shape index (κ2) is 11.2. The highest BCUT2D eigenvalue weighted by Gasteiger charge is 2.23. The first-order valence-corrected chi connectivity index (χ1v) is 12.9. The van der Waals surface area contributed by atoms with Crippen molar-refractivity contribution in [2.75, 3.05) is 47.2 Å². The summed E-state index contributed by atoms with van der Waals surface area (Å²) in [4.78, 5) is 38.6. The van der Waals surface area contributed by atoms with Gasteiger partial charge in [0.2, 0.25) is 5.91 Å². The van der Waals surface area contributed by atoms with E-state index in [1.807, 2.05) is 4.90 Å². The van der Waals surface area contributed by atoms with Crippen LogP contribution in [0.4, 0.5) is 21.9 Å². The smallest absolute Gasteiger partial charge is 0.325 e. The van der Waals surface area contributed by atoms with Gasteiger partial charge < -0.3 is 25.6 Å². The van der Waals surface area contributed by atoms with Gasteiger partial charge in [0.15, 0.2) is 0 Å². The molecule has 1 aliphatic rings. The van der Waals surface area contributed by atoms with Gasteiger partial charge in [0.1, 0.15) is 29.0 Å². The number of anilines is 3. The van der Waals surface area contributed by atoms with Crippen LogP contribution < -0.4 is 20.9 Å². The second-order valence-corrected chi connectivity index (χ2v) is 10.5. The van der Waals surface area contributed by atoms with Crippen LogP contribution in [0.1, 0.15) is 6.42 Å². The third-order valence-corrected chi connectivity index (χ3v) is 6.17. The molecule has 12 heteroatoms. The predicted molar refractivity (Wildman–Crippen MR) is 130 cm³/mol. The number of esters is 1. The van der Waals surface area contributed by atoms with Gasteiger partial charge in [-0.25, -0.2) is 13.2 Å². The maximum Gasteiger partial charge on any atom is 0.325 e. The molecule has 0 bridgehead atoms. The summed E-state index contributed by atoms with van der Waals surface area (Å²) >= 11 is 5.83. The molecule has 2 aromatic rings. The summed E-state index contributed by atoms with van der Waals surface area (Å²) in [6.07, 6.45) is 0.956. The van der Waals surface area contributed by atoms with Gasteiger partial charge in [0.05, 0.1) is 12.3 Å². The summed E-state index contributed by atoms with van der Waals surface area (Å²) in [5.74, 6) is -1.15. The lowest BCUT2D eigenvalue weighted by Crippen LogP contribution is -2.46. The first-order valence-electron chi connectivity index (χ1n) is 10.4. The number of carbonyl (C=O) groups excluding carboxylic acids is 3. The maximum atomic E-state index is 12.9. The number of benzene rings is 2. The van der Waals surface area contributed by atoms with E-state index in [-0.39, 0.29) is 24.7 Å². The molecule has 0 radical (unpaired) electrons. The van der Waals surface area contributed by atoms with Crippen LogP contribution in [0.15, 0.2) is 48.5 Å². The highest BCUT2D eigenvalue weighted by Crippen LogP contribution is 2.20. The number of urea groups is 1. The fourth-order valence-electron chi connectivity index (χ4n) is 3.21. The molecular weight excluding hydrogens is 484 g/mol. The molecular formula is C22H25ClN4O6S. The number of halogens is 1. The lowest BCUT2D eigenvalue weighted by molar-refractivity contribution is -0.143. The topological polar surface area (TPSA) is 134 Å². The van der Waals surface area contributed by atoms with E-state index in [0.29, 0.717) is 29.5 Å². The molecule has 182 valence electrons. The number of nitrogens with one attached hydrogen (secondary N) is 3. The quantitative estimate of drug-likeness (QED) is 0.465. The van der Waals surface area contributed by atoms with Crippen molar-refractivity contribution < 1.29 is 27.5 Å². The highest BCUT2D eigenvalue weighted by atomic mass is 35.5. The third kappa shape index (κ3) is 7.92. The second-order valence-electron chi connectivity index (χ2n) is 7.75. The zero-order valence-corrected chi connectivity index (χ0v) is 20.0. The number of hydrogen-bond acceptors (Lipinski definition) is 7. The zero-order chi connectivity index (χ0) is 24.7. The monoisotopic (exact) mass is 508 g/mol. The Hall–Kier alpha value is -3.31. The van der Waals surface area contributed by atoms with E-state index < -0.39 is 27.8 Å². The van der Waals surface area contributed by atoms with Gasteiger partial charge in [-0.3, -0.25) is 9.59 Å². The van der Waals surface area contributed by atoms with Crippen molar-refractivity contribution >= 4 is 56.4 Å². The van der Waals surface area contributed by atoms with Crippen molar-refractivity contribution in [2.45, 2.75) is 12.5 Å². The van der Waals surface area contributed by atoms with Crippen LogP contribution in [0.2, 0.25) is 5.02 Å². The Balaban J connectivity index is 1.64. The van der Waals surface area contributed by atoms with Gasteiger partial charge in [-0.1, -0.05) is 11.6 Å². The molecule has 1 aliphatic heterocycles. The first-order chi connectivity index (χ1) is 16.1. The number of cyclic esters (lactones) is 1. The number of rotatable bonds is 8. The summed E-state index contributed by atoms with van der Waals surface area (Å²) < 4.78 is 28.2. The zero-order valence-electron chi connectivity index (χ0n) is 18.4. The van der Waals surface area contributed by atoms with Crippen LogP contribution in [0.25, 0.3) is 0 Å². The summed E-state index contributed by atoms with van der Waals surface area (Å²) in [7, 11) is -3.36. The Kier molecular flexibility index (Phi) is 8.35. The minimum absolute atomic E-state index is 0.104. The van der Waals surface area contributed by atoms with E-state index in [1.165, 1.54) is 0 Å². The number of hydrogen-bond donors (Lipinski definition) is 3. The molecule has 1 fully saturated rings. The molecule has 1 heterocycles. The number of amides is 3. The lowest BCUT2D eigenvalue weighted by atomic mass is 10.2. The Morgan fingerprint density at radius 1 is 1.06 bits per heavy atom. The van der Waals surface area contributed by atoms with Crippen LogP contribution in [0, 0.1) is 0 Å². The van der Waals surface area contributed by atoms with Crippen molar-refractivity contribution in [2.24, 2.45) is 0 Å². The van der Waals surface area contributed by atoms with E-state index in [4.69, 9.17) is 16.3 Å². The van der Waals surface area contributed by atoms with Crippen LogP contribution in [0.5, 0.6) is 0 Å². The van der Waals surface area contributed by atoms with Crippen molar-refractivity contribution in [1.82, 2.24) is 5.32 Å². The number of carbonyl (C=O) groups is 3. The van der Waals surface area contributed by atoms with Gasteiger partial charge >= 0.3 is 12.0 Å². The minimum Gasteiger partial charge on any atom is -0.462 e. The number of nitrogens with zero attached hydrogens (tertiary/aromatic N) is 1. The Morgan fingerprint density at radius 3 is 2.29 bits per heavy atom. The molecule has 3 amide bonds.